The molecule has 0 saturated heterocycles. The first-order valence-corrected chi connectivity index (χ1v) is 9.98. The number of hydrogen-bond donors (Lipinski definition) is 1. The molecular formula is C19H19N3O3S2. The predicted octanol–water partition coefficient (Wildman–Crippen LogP) is 4.04. The van der Waals surface area contributed by atoms with Crippen molar-refractivity contribution in [2.24, 2.45) is 0 Å². The number of thiazole rings is 2. The van der Waals surface area contributed by atoms with Crippen LogP contribution < -0.4 is 5.32 Å². The van der Waals surface area contributed by atoms with E-state index < -0.39 is 5.97 Å². The van der Waals surface area contributed by atoms with Crippen molar-refractivity contribution in [3.05, 3.63) is 62.0 Å². The molecule has 0 saturated carbocycles. The summed E-state index contributed by atoms with van der Waals surface area (Å²) < 4.78 is 4.84. The highest BCUT2D eigenvalue weighted by Crippen LogP contribution is 2.27. The Bertz CT molecular complexity index is 964. The Morgan fingerprint density at radius 1 is 1.07 bits per heavy atom. The van der Waals surface area contributed by atoms with Crippen molar-refractivity contribution >= 4 is 39.7 Å². The van der Waals surface area contributed by atoms with Crippen LogP contribution in [0.2, 0.25) is 0 Å². The number of nitrogens with one attached hydrogen (secondary N) is 1. The Hall–Kier alpha value is -2.58. The minimum atomic E-state index is -0.500. The summed E-state index contributed by atoms with van der Waals surface area (Å²) in [4.78, 5) is 34.5. The van der Waals surface area contributed by atoms with Gasteiger partial charge in [-0.1, -0.05) is 30.3 Å². The van der Waals surface area contributed by atoms with Crippen LogP contribution in [0.15, 0.2) is 30.3 Å². The molecule has 0 atom stereocenters. The molecular weight excluding hydrogens is 382 g/mol. The number of methoxy groups -OCH3 is 1. The molecule has 3 aromatic rings. The van der Waals surface area contributed by atoms with Gasteiger partial charge in [-0.2, -0.15) is 0 Å². The average Bonchev–Trinajstić information content (AvgIpc) is 3.22. The van der Waals surface area contributed by atoms with Crippen molar-refractivity contribution in [3.63, 3.8) is 0 Å². The molecule has 1 amide bonds. The zero-order valence-electron chi connectivity index (χ0n) is 15.2. The van der Waals surface area contributed by atoms with Crippen LogP contribution in [0, 0.1) is 13.8 Å². The minimum Gasteiger partial charge on any atom is -0.464 e. The zero-order chi connectivity index (χ0) is 19.4. The van der Waals surface area contributed by atoms with Gasteiger partial charge in [-0.05, 0) is 32.3 Å². The smallest absolute Gasteiger partial charge is 0.357 e. The molecule has 0 fully saturated rings. The SMILES string of the molecule is COC(=O)c1nc(NC(=O)c2sc(C)nc2C)sc1CCc1ccccc1. The highest BCUT2D eigenvalue weighted by atomic mass is 32.1. The van der Waals surface area contributed by atoms with Crippen molar-refractivity contribution in [2.75, 3.05) is 12.4 Å². The molecule has 0 bridgehead atoms. The maximum Gasteiger partial charge on any atom is 0.357 e. The predicted molar refractivity (Wildman–Crippen MR) is 107 cm³/mol. The van der Waals surface area contributed by atoms with E-state index in [0.29, 0.717) is 22.1 Å². The van der Waals surface area contributed by atoms with E-state index in [1.807, 2.05) is 37.3 Å². The molecule has 0 radical (unpaired) electrons. The number of nitrogens with zero attached hydrogens (tertiary/aromatic N) is 2. The number of aryl methyl sites for hydroxylation is 4. The summed E-state index contributed by atoms with van der Waals surface area (Å²) in [6, 6.07) is 10.0. The van der Waals surface area contributed by atoms with Crippen LogP contribution >= 0.6 is 22.7 Å². The van der Waals surface area contributed by atoms with Crippen LogP contribution in [0.5, 0.6) is 0 Å². The highest BCUT2D eigenvalue weighted by molar-refractivity contribution is 7.16. The van der Waals surface area contributed by atoms with Gasteiger partial charge in [0.15, 0.2) is 10.8 Å². The number of benzene rings is 1. The van der Waals surface area contributed by atoms with Gasteiger partial charge in [0.25, 0.3) is 5.91 Å². The van der Waals surface area contributed by atoms with Crippen molar-refractivity contribution in [1.82, 2.24) is 9.97 Å². The van der Waals surface area contributed by atoms with E-state index in [9.17, 15) is 9.59 Å². The van der Waals surface area contributed by atoms with E-state index in [2.05, 4.69) is 15.3 Å². The monoisotopic (exact) mass is 401 g/mol. The van der Waals surface area contributed by atoms with Gasteiger partial charge in [0.2, 0.25) is 0 Å². The first-order valence-electron chi connectivity index (χ1n) is 8.35. The Morgan fingerprint density at radius 2 is 1.81 bits per heavy atom. The molecule has 0 aliphatic carbocycles. The summed E-state index contributed by atoms with van der Waals surface area (Å²) in [5, 5.41) is 3.99. The maximum atomic E-state index is 12.5. The van der Waals surface area contributed by atoms with Crippen molar-refractivity contribution < 1.29 is 14.3 Å². The zero-order valence-corrected chi connectivity index (χ0v) is 16.9. The van der Waals surface area contributed by atoms with E-state index in [1.165, 1.54) is 35.3 Å². The first-order chi connectivity index (χ1) is 13.0. The lowest BCUT2D eigenvalue weighted by Gasteiger charge is -2.01. The Morgan fingerprint density at radius 3 is 2.44 bits per heavy atom. The standard InChI is InChI=1S/C19H19N3O3S2/c1-11-16(26-12(2)20-11)17(23)22-19-21-15(18(24)25-3)14(27-19)10-9-13-7-5-4-6-8-13/h4-8H,9-10H2,1-3H3,(H,21,22,23). The van der Waals surface area contributed by atoms with Crippen molar-refractivity contribution in [1.29, 1.82) is 0 Å². The van der Waals surface area contributed by atoms with Gasteiger partial charge in [0, 0.05) is 4.88 Å². The number of carbonyl (C=O) groups is 2. The summed E-state index contributed by atoms with van der Waals surface area (Å²) in [6.07, 6.45) is 1.41. The highest BCUT2D eigenvalue weighted by Gasteiger charge is 2.21. The molecule has 140 valence electrons. The molecule has 8 heteroatoms. The maximum absolute atomic E-state index is 12.5. The quantitative estimate of drug-likeness (QED) is 0.631. The van der Waals surface area contributed by atoms with Gasteiger partial charge in [0.1, 0.15) is 4.88 Å². The van der Waals surface area contributed by atoms with E-state index >= 15 is 0 Å². The fourth-order valence-electron chi connectivity index (χ4n) is 2.63. The number of carbonyl (C=O) groups excluding carboxylic acids is 2. The van der Waals surface area contributed by atoms with Gasteiger partial charge < -0.3 is 4.74 Å². The summed E-state index contributed by atoms with van der Waals surface area (Å²) >= 11 is 2.63. The Kier molecular flexibility index (Phi) is 5.98. The third-order valence-electron chi connectivity index (χ3n) is 3.89. The third-order valence-corrected chi connectivity index (χ3v) is 5.99. The van der Waals surface area contributed by atoms with Crippen LogP contribution in [0.25, 0.3) is 0 Å². The second-order valence-electron chi connectivity index (χ2n) is 5.87. The van der Waals surface area contributed by atoms with Gasteiger partial charge in [0.05, 0.1) is 17.8 Å². The molecule has 3 rings (SSSR count). The summed E-state index contributed by atoms with van der Waals surface area (Å²) in [5.74, 6) is -0.766. The Balaban J connectivity index is 1.79. The lowest BCUT2D eigenvalue weighted by Crippen LogP contribution is -2.12. The fraction of sp³-hybridized carbons (Fsp3) is 0.263. The van der Waals surface area contributed by atoms with Crippen LogP contribution in [-0.2, 0) is 17.6 Å². The fourth-order valence-corrected chi connectivity index (χ4v) is 4.39. The first kappa shape index (κ1) is 19.2. The number of aromatic nitrogens is 2. The minimum absolute atomic E-state index is 0.255. The van der Waals surface area contributed by atoms with E-state index in [-0.39, 0.29) is 11.6 Å². The molecule has 0 aliphatic rings. The van der Waals surface area contributed by atoms with Crippen LogP contribution in [0.4, 0.5) is 5.13 Å². The van der Waals surface area contributed by atoms with Gasteiger partial charge in [-0.15, -0.1) is 22.7 Å². The number of amides is 1. The molecule has 2 heterocycles. The van der Waals surface area contributed by atoms with E-state index in [1.54, 1.807) is 6.92 Å². The molecule has 27 heavy (non-hydrogen) atoms. The Labute approximate surface area is 165 Å². The molecule has 1 aromatic carbocycles. The van der Waals surface area contributed by atoms with Crippen LogP contribution in [0.3, 0.4) is 0 Å². The normalized spacial score (nSPS) is 10.6. The molecule has 1 N–H and O–H groups in total. The van der Waals surface area contributed by atoms with Gasteiger partial charge in [-0.3, -0.25) is 10.1 Å². The number of ether oxygens (including phenoxy) is 1. The molecule has 0 aliphatic heterocycles. The number of rotatable bonds is 6. The second kappa shape index (κ2) is 8.41. The number of esters is 1. The number of anilines is 1. The molecule has 6 nitrogen and oxygen atoms in total. The largest absolute Gasteiger partial charge is 0.464 e. The van der Waals surface area contributed by atoms with Crippen LogP contribution in [0.1, 0.15) is 41.3 Å². The van der Waals surface area contributed by atoms with E-state index in [4.69, 9.17) is 4.74 Å². The third kappa shape index (κ3) is 4.58. The molecule has 0 unspecified atom stereocenters. The van der Waals surface area contributed by atoms with E-state index in [0.717, 1.165) is 16.3 Å². The van der Waals surface area contributed by atoms with Crippen molar-refractivity contribution in [3.8, 4) is 0 Å². The molecule has 2 aromatic heterocycles. The molecule has 0 spiro atoms. The average molecular weight is 402 g/mol. The summed E-state index contributed by atoms with van der Waals surface area (Å²) in [6.45, 7) is 3.65. The number of hydrogen-bond acceptors (Lipinski definition) is 7. The summed E-state index contributed by atoms with van der Waals surface area (Å²) in [7, 11) is 1.32. The van der Waals surface area contributed by atoms with Crippen LogP contribution in [-0.4, -0.2) is 29.0 Å². The van der Waals surface area contributed by atoms with Crippen molar-refractivity contribution in [2.45, 2.75) is 26.7 Å². The second-order valence-corrected chi connectivity index (χ2v) is 8.16. The topological polar surface area (TPSA) is 81.2 Å². The summed E-state index contributed by atoms with van der Waals surface area (Å²) in [5.41, 5.74) is 2.11. The lowest BCUT2D eigenvalue weighted by molar-refractivity contribution is 0.0593. The lowest BCUT2D eigenvalue weighted by atomic mass is 10.1. The van der Waals surface area contributed by atoms with Gasteiger partial charge >= 0.3 is 5.97 Å². The van der Waals surface area contributed by atoms with Gasteiger partial charge in [-0.25, -0.2) is 14.8 Å².